The van der Waals surface area contributed by atoms with E-state index in [1.54, 1.807) is 0 Å². The van der Waals surface area contributed by atoms with Crippen molar-refractivity contribution in [2.45, 2.75) is 12.3 Å². The van der Waals surface area contributed by atoms with Crippen LogP contribution in [0.4, 0.5) is 0 Å². The lowest BCUT2D eigenvalue weighted by molar-refractivity contribution is 0.298. The van der Waals surface area contributed by atoms with Gasteiger partial charge in [0.25, 0.3) is 0 Å². The number of ether oxygens (including phenoxy) is 1. The highest BCUT2D eigenvalue weighted by atomic mass is 79.9. The number of nitrogens with zero attached hydrogens (tertiary/aromatic N) is 1. The average Bonchev–Trinajstić information content (AvgIpc) is 2.51. The van der Waals surface area contributed by atoms with Crippen molar-refractivity contribution in [3.8, 4) is 11.8 Å². The predicted molar refractivity (Wildman–Crippen MR) is 84.2 cm³/mol. The molecule has 1 atom stereocenters. The Balaban J connectivity index is 1.95. The van der Waals surface area contributed by atoms with Gasteiger partial charge in [-0.15, -0.1) is 0 Å². The third-order valence-corrected chi connectivity index (χ3v) is 3.90. The van der Waals surface area contributed by atoms with E-state index in [2.05, 4.69) is 34.1 Å². The van der Waals surface area contributed by atoms with Crippen LogP contribution in [0.3, 0.4) is 0 Å². The van der Waals surface area contributed by atoms with E-state index in [9.17, 15) is 0 Å². The lowest BCUT2D eigenvalue weighted by atomic mass is 10.0. The molecular formula is C17H16BrNO. The zero-order valence-corrected chi connectivity index (χ0v) is 12.7. The molecule has 0 fully saturated rings. The Morgan fingerprint density at radius 1 is 1.05 bits per heavy atom. The molecule has 0 aliphatic carbocycles. The Labute approximate surface area is 128 Å². The van der Waals surface area contributed by atoms with Gasteiger partial charge in [-0.1, -0.05) is 58.4 Å². The molecule has 2 aromatic carbocycles. The molecule has 0 N–H and O–H groups in total. The van der Waals surface area contributed by atoms with Crippen LogP contribution in [0.15, 0.2) is 54.6 Å². The first kappa shape index (κ1) is 14.6. The Bertz CT molecular complexity index is 560. The Hall–Kier alpha value is -1.79. The predicted octanol–water partition coefficient (Wildman–Crippen LogP) is 4.31. The van der Waals surface area contributed by atoms with Crippen molar-refractivity contribution in [1.82, 2.24) is 0 Å². The third kappa shape index (κ3) is 4.11. The van der Waals surface area contributed by atoms with Crippen molar-refractivity contribution < 1.29 is 4.74 Å². The van der Waals surface area contributed by atoms with Gasteiger partial charge in [-0.05, 0) is 23.3 Å². The minimum atomic E-state index is 0.329. The number of halogens is 1. The molecule has 0 aliphatic rings. The summed E-state index contributed by atoms with van der Waals surface area (Å²) in [5, 5.41) is 9.50. The number of rotatable bonds is 6. The molecule has 3 heteroatoms. The van der Waals surface area contributed by atoms with E-state index in [-0.39, 0.29) is 0 Å². The van der Waals surface area contributed by atoms with Gasteiger partial charge in [-0.3, -0.25) is 0 Å². The number of nitriles is 1. The summed E-state index contributed by atoms with van der Waals surface area (Å²) in [5.74, 6) is 1.17. The molecule has 0 aromatic heterocycles. The molecule has 2 nitrogen and oxygen atoms in total. The van der Waals surface area contributed by atoms with Crippen LogP contribution in [0.25, 0.3) is 0 Å². The summed E-state index contributed by atoms with van der Waals surface area (Å²) in [6, 6.07) is 20.2. The largest absolute Gasteiger partial charge is 0.493 e. The van der Waals surface area contributed by atoms with Crippen molar-refractivity contribution in [1.29, 1.82) is 5.26 Å². The average molecular weight is 330 g/mol. The van der Waals surface area contributed by atoms with Crippen LogP contribution in [0.2, 0.25) is 0 Å². The summed E-state index contributed by atoms with van der Waals surface area (Å²) in [6.45, 7) is 0.632. The molecule has 102 valence electrons. The van der Waals surface area contributed by atoms with Gasteiger partial charge < -0.3 is 4.74 Å². The molecule has 20 heavy (non-hydrogen) atoms. The maximum absolute atomic E-state index is 8.64. The van der Waals surface area contributed by atoms with Crippen molar-refractivity contribution in [2.75, 3.05) is 11.9 Å². The Morgan fingerprint density at radius 3 is 2.35 bits per heavy atom. The van der Waals surface area contributed by atoms with Gasteiger partial charge in [0.05, 0.1) is 19.1 Å². The molecule has 1 unspecified atom stereocenters. The molecule has 0 bridgehead atoms. The second-order valence-corrected chi connectivity index (χ2v) is 5.20. The van der Waals surface area contributed by atoms with Crippen LogP contribution < -0.4 is 4.74 Å². The maximum atomic E-state index is 8.64. The highest BCUT2D eigenvalue weighted by Gasteiger charge is 2.10. The van der Waals surface area contributed by atoms with Gasteiger partial charge >= 0.3 is 0 Å². The summed E-state index contributed by atoms with van der Waals surface area (Å²) in [6.07, 6.45) is 0.439. The number of alkyl halides is 1. The summed E-state index contributed by atoms with van der Waals surface area (Å²) in [5.41, 5.74) is 2.28. The van der Waals surface area contributed by atoms with Gasteiger partial charge in [0.2, 0.25) is 0 Å². The molecule has 0 aliphatic heterocycles. The van der Waals surface area contributed by atoms with Crippen molar-refractivity contribution in [2.24, 2.45) is 0 Å². The summed E-state index contributed by atoms with van der Waals surface area (Å²) >= 11 is 3.54. The summed E-state index contributed by atoms with van der Waals surface area (Å²) in [7, 11) is 0. The lowest BCUT2D eigenvalue weighted by Gasteiger charge is -2.15. The second-order valence-electron chi connectivity index (χ2n) is 4.55. The van der Waals surface area contributed by atoms with Crippen molar-refractivity contribution in [3.63, 3.8) is 0 Å². The van der Waals surface area contributed by atoms with E-state index < -0.39 is 0 Å². The van der Waals surface area contributed by atoms with E-state index in [0.717, 1.165) is 16.6 Å². The highest BCUT2D eigenvalue weighted by molar-refractivity contribution is 9.09. The zero-order chi connectivity index (χ0) is 14.2. The van der Waals surface area contributed by atoms with Crippen LogP contribution in [0, 0.1) is 11.3 Å². The maximum Gasteiger partial charge on any atom is 0.119 e. The number of hydrogen-bond donors (Lipinski definition) is 0. The fourth-order valence-electron chi connectivity index (χ4n) is 1.95. The fourth-order valence-corrected chi connectivity index (χ4v) is 2.51. The van der Waals surface area contributed by atoms with Gasteiger partial charge in [0, 0.05) is 11.2 Å². The molecule has 2 rings (SSSR count). The summed E-state index contributed by atoms with van der Waals surface area (Å²) in [4.78, 5) is 0. The number of hydrogen-bond acceptors (Lipinski definition) is 2. The van der Waals surface area contributed by atoms with E-state index >= 15 is 0 Å². The van der Waals surface area contributed by atoms with Crippen molar-refractivity contribution >= 4 is 15.9 Å². The molecule has 2 aromatic rings. The van der Waals surface area contributed by atoms with Crippen LogP contribution in [0.5, 0.6) is 5.75 Å². The monoisotopic (exact) mass is 329 g/mol. The first-order valence-electron chi connectivity index (χ1n) is 6.53. The molecule has 0 spiro atoms. The minimum Gasteiger partial charge on any atom is -0.493 e. The van der Waals surface area contributed by atoms with Gasteiger partial charge in [0.15, 0.2) is 0 Å². The van der Waals surface area contributed by atoms with Crippen LogP contribution >= 0.6 is 15.9 Å². The topological polar surface area (TPSA) is 33.0 Å². The van der Waals surface area contributed by atoms with Crippen LogP contribution in [0.1, 0.15) is 17.0 Å². The van der Waals surface area contributed by atoms with Gasteiger partial charge in [-0.25, -0.2) is 0 Å². The molecule has 0 radical (unpaired) electrons. The SMILES string of the molecule is N#CCc1ccc(OCC(CBr)c2ccccc2)cc1. The molecule has 0 amide bonds. The first-order chi connectivity index (χ1) is 9.83. The second kappa shape index (κ2) is 7.72. The van der Waals surface area contributed by atoms with Crippen LogP contribution in [-0.4, -0.2) is 11.9 Å². The van der Waals surface area contributed by atoms with Crippen molar-refractivity contribution in [3.05, 3.63) is 65.7 Å². The zero-order valence-electron chi connectivity index (χ0n) is 11.1. The normalized spacial score (nSPS) is 11.6. The molecule has 0 saturated heterocycles. The van der Waals surface area contributed by atoms with Gasteiger partial charge in [0.1, 0.15) is 5.75 Å². The quantitative estimate of drug-likeness (QED) is 0.740. The Morgan fingerprint density at radius 2 is 1.75 bits per heavy atom. The number of benzene rings is 2. The molecular weight excluding hydrogens is 314 g/mol. The van der Waals surface area contributed by atoms with E-state index in [1.807, 2.05) is 42.5 Å². The van der Waals surface area contributed by atoms with E-state index in [0.29, 0.717) is 18.9 Å². The molecule has 0 saturated carbocycles. The molecule has 0 heterocycles. The van der Waals surface area contributed by atoms with Gasteiger partial charge in [-0.2, -0.15) is 5.26 Å². The third-order valence-electron chi connectivity index (χ3n) is 3.11. The van der Waals surface area contributed by atoms with Crippen LogP contribution in [-0.2, 0) is 6.42 Å². The first-order valence-corrected chi connectivity index (χ1v) is 7.65. The Kier molecular flexibility index (Phi) is 5.64. The highest BCUT2D eigenvalue weighted by Crippen LogP contribution is 2.20. The summed E-state index contributed by atoms with van der Waals surface area (Å²) < 4.78 is 5.83. The lowest BCUT2D eigenvalue weighted by Crippen LogP contribution is -2.11. The smallest absolute Gasteiger partial charge is 0.119 e. The fraction of sp³-hybridized carbons (Fsp3) is 0.235. The minimum absolute atomic E-state index is 0.329. The van der Waals surface area contributed by atoms with E-state index in [1.165, 1.54) is 5.56 Å². The standard InChI is InChI=1S/C17H16BrNO/c18-12-16(15-4-2-1-3-5-15)13-20-17-8-6-14(7-9-17)10-11-19/h1-9,16H,10,12-13H2. The van der Waals surface area contributed by atoms with E-state index in [4.69, 9.17) is 10.00 Å².